The number of nitrogens with one attached hydrogen (secondary N) is 1. The third-order valence-corrected chi connectivity index (χ3v) is 3.46. The third-order valence-electron chi connectivity index (χ3n) is 2.38. The second-order valence-electron chi connectivity index (χ2n) is 3.81. The fourth-order valence-corrected chi connectivity index (χ4v) is 2.51. The van der Waals surface area contributed by atoms with E-state index in [1.165, 1.54) is 0 Å². The minimum Gasteiger partial charge on any atom is -0.310 e. The van der Waals surface area contributed by atoms with Crippen LogP contribution in [0.3, 0.4) is 0 Å². The minimum absolute atomic E-state index is 0.751. The second-order valence-corrected chi connectivity index (χ2v) is 5.19. The summed E-state index contributed by atoms with van der Waals surface area (Å²) in [5.74, 6) is 0. The van der Waals surface area contributed by atoms with Gasteiger partial charge in [0.05, 0.1) is 5.69 Å². The first-order valence-corrected chi connectivity index (χ1v) is 6.96. The molecule has 0 saturated heterocycles. The van der Waals surface area contributed by atoms with Crippen LogP contribution in [-0.2, 0) is 6.54 Å². The van der Waals surface area contributed by atoms with Gasteiger partial charge in [0.25, 0.3) is 0 Å². The van der Waals surface area contributed by atoms with Crippen molar-refractivity contribution in [3.05, 3.63) is 39.7 Å². The van der Waals surface area contributed by atoms with E-state index in [2.05, 4.69) is 22.6 Å². The van der Waals surface area contributed by atoms with E-state index in [1.54, 1.807) is 11.3 Å². The van der Waals surface area contributed by atoms with Crippen LogP contribution in [0.2, 0.25) is 5.02 Å². The van der Waals surface area contributed by atoms with Gasteiger partial charge in [-0.3, -0.25) is 0 Å². The average molecular weight is 267 g/mol. The van der Waals surface area contributed by atoms with E-state index < -0.39 is 0 Å². The zero-order valence-electron chi connectivity index (χ0n) is 9.74. The van der Waals surface area contributed by atoms with E-state index in [4.69, 9.17) is 11.6 Å². The summed E-state index contributed by atoms with van der Waals surface area (Å²) in [4.78, 5) is 4.59. The van der Waals surface area contributed by atoms with Crippen molar-refractivity contribution in [1.82, 2.24) is 10.3 Å². The van der Waals surface area contributed by atoms with Crippen molar-refractivity contribution in [2.75, 3.05) is 6.54 Å². The maximum atomic E-state index is 5.97. The molecule has 0 spiro atoms. The molecule has 1 heterocycles. The molecule has 17 heavy (non-hydrogen) atoms. The van der Waals surface area contributed by atoms with Gasteiger partial charge in [-0.15, -0.1) is 11.3 Å². The molecule has 0 aliphatic rings. The molecule has 4 heteroatoms. The lowest BCUT2D eigenvalue weighted by molar-refractivity contribution is 0.673. The molecule has 0 aliphatic carbocycles. The topological polar surface area (TPSA) is 24.9 Å². The lowest BCUT2D eigenvalue weighted by atomic mass is 10.2. The predicted molar refractivity (Wildman–Crippen MR) is 74.6 cm³/mol. The van der Waals surface area contributed by atoms with Crippen LogP contribution in [0.15, 0.2) is 29.6 Å². The van der Waals surface area contributed by atoms with Crippen LogP contribution < -0.4 is 5.32 Å². The third kappa shape index (κ3) is 3.53. The van der Waals surface area contributed by atoms with Crippen molar-refractivity contribution in [3.8, 4) is 11.3 Å². The van der Waals surface area contributed by atoms with Crippen molar-refractivity contribution in [1.29, 1.82) is 0 Å². The number of thiazole rings is 1. The van der Waals surface area contributed by atoms with Gasteiger partial charge in [0.2, 0.25) is 0 Å². The number of nitrogens with zero attached hydrogens (tertiary/aromatic N) is 1. The molecule has 2 nitrogen and oxygen atoms in total. The predicted octanol–water partition coefficient (Wildman–Crippen LogP) is 3.96. The first-order valence-electron chi connectivity index (χ1n) is 5.70. The Labute approximate surface area is 111 Å². The SMILES string of the molecule is CCCNCc1nc(-c2cccc(Cl)c2)cs1. The molecular weight excluding hydrogens is 252 g/mol. The van der Waals surface area contributed by atoms with Gasteiger partial charge in [0.1, 0.15) is 5.01 Å². The highest BCUT2D eigenvalue weighted by atomic mass is 35.5. The minimum atomic E-state index is 0.751. The number of benzene rings is 1. The number of aromatic nitrogens is 1. The fraction of sp³-hybridized carbons (Fsp3) is 0.308. The first-order chi connectivity index (χ1) is 8.29. The van der Waals surface area contributed by atoms with Gasteiger partial charge < -0.3 is 5.32 Å². The van der Waals surface area contributed by atoms with E-state index in [0.29, 0.717) is 0 Å². The standard InChI is InChI=1S/C13H15ClN2S/c1-2-6-15-8-13-16-12(9-17-13)10-4-3-5-11(14)7-10/h3-5,7,9,15H,2,6,8H2,1H3. The lowest BCUT2D eigenvalue weighted by Crippen LogP contribution is -2.13. The number of hydrogen-bond acceptors (Lipinski definition) is 3. The molecule has 90 valence electrons. The van der Waals surface area contributed by atoms with Crippen molar-refractivity contribution in [2.24, 2.45) is 0 Å². The summed E-state index contributed by atoms with van der Waals surface area (Å²) in [5.41, 5.74) is 2.08. The van der Waals surface area contributed by atoms with E-state index >= 15 is 0 Å². The maximum absolute atomic E-state index is 5.97. The monoisotopic (exact) mass is 266 g/mol. The van der Waals surface area contributed by atoms with Crippen LogP contribution in [0, 0.1) is 0 Å². The number of hydrogen-bond donors (Lipinski definition) is 1. The zero-order chi connectivity index (χ0) is 12.1. The summed E-state index contributed by atoms with van der Waals surface area (Å²) >= 11 is 7.65. The van der Waals surface area contributed by atoms with Crippen LogP contribution in [-0.4, -0.2) is 11.5 Å². The summed E-state index contributed by atoms with van der Waals surface area (Å²) in [6.07, 6.45) is 1.15. The van der Waals surface area contributed by atoms with Gasteiger partial charge in [0, 0.05) is 22.5 Å². The van der Waals surface area contributed by atoms with Crippen LogP contribution in [0.5, 0.6) is 0 Å². The van der Waals surface area contributed by atoms with Crippen LogP contribution in [0.4, 0.5) is 0 Å². The van der Waals surface area contributed by atoms with Gasteiger partial charge in [-0.2, -0.15) is 0 Å². The normalized spacial score (nSPS) is 10.7. The van der Waals surface area contributed by atoms with E-state index in [0.717, 1.165) is 40.8 Å². The Morgan fingerprint density at radius 1 is 1.41 bits per heavy atom. The Kier molecular flexibility index (Phi) is 4.54. The largest absolute Gasteiger partial charge is 0.310 e. The van der Waals surface area contributed by atoms with Crippen LogP contribution >= 0.6 is 22.9 Å². The molecule has 1 aromatic carbocycles. The molecule has 1 N–H and O–H groups in total. The number of rotatable bonds is 5. The fourth-order valence-electron chi connectivity index (χ4n) is 1.54. The first kappa shape index (κ1) is 12.6. The molecule has 0 fully saturated rings. The Bertz CT molecular complexity index is 482. The Morgan fingerprint density at radius 2 is 2.29 bits per heavy atom. The molecule has 0 amide bonds. The smallest absolute Gasteiger partial charge is 0.107 e. The van der Waals surface area contributed by atoms with Crippen molar-refractivity contribution >= 4 is 22.9 Å². The lowest BCUT2D eigenvalue weighted by Gasteiger charge is -1.99. The summed E-state index contributed by atoms with van der Waals surface area (Å²) < 4.78 is 0. The molecule has 1 aromatic heterocycles. The van der Waals surface area contributed by atoms with Crippen molar-refractivity contribution in [3.63, 3.8) is 0 Å². The summed E-state index contributed by atoms with van der Waals surface area (Å²) in [7, 11) is 0. The van der Waals surface area contributed by atoms with Gasteiger partial charge in [-0.05, 0) is 25.1 Å². The molecular formula is C13H15ClN2S. The average Bonchev–Trinajstić information content (AvgIpc) is 2.78. The zero-order valence-corrected chi connectivity index (χ0v) is 11.3. The molecule has 0 radical (unpaired) electrons. The quantitative estimate of drug-likeness (QED) is 0.829. The van der Waals surface area contributed by atoms with Gasteiger partial charge in [-0.1, -0.05) is 30.7 Å². The highest BCUT2D eigenvalue weighted by molar-refractivity contribution is 7.09. The molecule has 0 bridgehead atoms. The summed E-state index contributed by atoms with van der Waals surface area (Å²) in [6, 6.07) is 7.80. The van der Waals surface area contributed by atoms with Gasteiger partial charge in [-0.25, -0.2) is 4.98 Å². The Hall–Kier alpha value is -0.900. The Morgan fingerprint density at radius 3 is 3.06 bits per heavy atom. The molecule has 0 atom stereocenters. The maximum Gasteiger partial charge on any atom is 0.107 e. The highest BCUT2D eigenvalue weighted by Crippen LogP contribution is 2.24. The Balaban J connectivity index is 2.07. The molecule has 2 aromatic rings. The summed E-state index contributed by atoms with van der Waals surface area (Å²) in [5, 5.41) is 7.30. The van der Waals surface area contributed by atoms with E-state index in [-0.39, 0.29) is 0 Å². The van der Waals surface area contributed by atoms with Gasteiger partial charge >= 0.3 is 0 Å². The summed E-state index contributed by atoms with van der Waals surface area (Å²) in [6.45, 7) is 4.04. The second kappa shape index (κ2) is 6.15. The molecule has 0 aliphatic heterocycles. The van der Waals surface area contributed by atoms with Crippen LogP contribution in [0.1, 0.15) is 18.4 Å². The van der Waals surface area contributed by atoms with E-state index in [9.17, 15) is 0 Å². The highest BCUT2D eigenvalue weighted by Gasteiger charge is 2.04. The van der Waals surface area contributed by atoms with Crippen LogP contribution in [0.25, 0.3) is 11.3 Å². The van der Waals surface area contributed by atoms with Crippen molar-refractivity contribution < 1.29 is 0 Å². The molecule has 0 saturated carbocycles. The van der Waals surface area contributed by atoms with Gasteiger partial charge in [0.15, 0.2) is 0 Å². The van der Waals surface area contributed by atoms with E-state index in [1.807, 2.05) is 24.3 Å². The molecule has 0 unspecified atom stereocenters. The number of halogens is 1. The molecule has 2 rings (SSSR count). The van der Waals surface area contributed by atoms with Crippen molar-refractivity contribution in [2.45, 2.75) is 19.9 Å².